The van der Waals surface area contributed by atoms with Crippen molar-refractivity contribution in [1.29, 1.82) is 0 Å². The van der Waals surface area contributed by atoms with Crippen molar-refractivity contribution >= 4 is 91.0 Å². The van der Waals surface area contributed by atoms with E-state index in [2.05, 4.69) is 0 Å². The van der Waals surface area contributed by atoms with Crippen molar-refractivity contribution in [3.05, 3.63) is 107 Å². The topological polar surface area (TPSA) is 276 Å². The van der Waals surface area contributed by atoms with E-state index >= 15 is 0 Å². The van der Waals surface area contributed by atoms with Gasteiger partial charge in [-0.2, -0.15) is 38.2 Å². The molecule has 22 heteroatoms. The molecule has 0 saturated carbocycles. The number of rotatable bonds is 13. The van der Waals surface area contributed by atoms with E-state index in [1.54, 1.807) is 56.4 Å². The van der Waals surface area contributed by atoms with E-state index in [0.717, 1.165) is 12.1 Å². The number of esters is 2. The van der Waals surface area contributed by atoms with Crippen molar-refractivity contribution < 1.29 is 75.5 Å². The van der Waals surface area contributed by atoms with E-state index in [1.165, 1.54) is 12.1 Å². The van der Waals surface area contributed by atoms with Crippen LogP contribution >= 0.6 is 0 Å². The molecule has 0 spiro atoms. The molecule has 0 saturated heterocycles. The van der Waals surface area contributed by atoms with E-state index in [1.807, 2.05) is 51.0 Å². The second-order valence-corrected chi connectivity index (χ2v) is 23.8. The molecule has 0 radical (unpaired) electrons. The predicted octanol–water partition coefficient (Wildman–Crippen LogP) is 7.39. The van der Waals surface area contributed by atoms with Gasteiger partial charge in [0.1, 0.15) is 16.3 Å². The van der Waals surface area contributed by atoms with E-state index in [-0.39, 0.29) is 47.6 Å². The van der Waals surface area contributed by atoms with Gasteiger partial charge in [-0.15, -0.1) is 0 Å². The summed E-state index contributed by atoms with van der Waals surface area (Å²) in [4.78, 5) is 27.2. The first-order valence-corrected chi connectivity index (χ1v) is 27.8. The summed E-state index contributed by atoms with van der Waals surface area (Å²) in [5, 5.41) is 0.332. The third kappa shape index (κ3) is 8.92. The number of benzene rings is 4. The van der Waals surface area contributed by atoms with Crippen molar-refractivity contribution in [2.45, 2.75) is 98.6 Å². The van der Waals surface area contributed by atoms with Crippen LogP contribution in [0.5, 0.6) is 0 Å². The summed E-state index contributed by atoms with van der Waals surface area (Å²) in [7, 11) is -19.9. The van der Waals surface area contributed by atoms with E-state index < -0.39 is 88.2 Å². The smallest absolute Gasteiger partial charge is 0.324 e. The van der Waals surface area contributed by atoms with Gasteiger partial charge in [0.25, 0.3) is 40.5 Å². The molecule has 374 valence electrons. The largest absolute Gasteiger partial charge is 0.465 e. The first-order valence-electron chi connectivity index (χ1n) is 22.1. The molecule has 0 fully saturated rings. The van der Waals surface area contributed by atoms with Crippen LogP contribution in [0, 0.1) is 5.41 Å². The number of allylic oxidation sites excluding steroid dienone is 8. The molecule has 2 heterocycles. The van der Waals surface area contributed by atoms with Crippen molar-refractivity contribution in [2.75, 3.05) is 31.2 Å². The van der Waals surface area contributed by atoms with Crippen LogP contribution in [0.4, 0.5) is 11.4 Å². The van der Waals surface area contributed by atoms with Gasteiger partial charge in [-0.05, 0) is 124 Å². The van der Waals surface area contributed by atoms with Gasteiger partial charge in [0.15, 0.2) is 11.1 Å². The highest BCUT2D eigenvalue weighted by Crippen LogP contribution is 2.52. The molecular weight excluding hydrogens is 989 g/mol. The van der Waals surface area contributed by atoms with E-state index in [9.17, 15) is 61.5 Å². The first-order chi connectivity index (χ1) is 32.4. The Morgan fingerprint density at radius 1 is 0.643 bits per heavy atom. The summed E-state index contributed by atoms with van der Waals surface area (Å²) in [6, 6.07) is 9.88. The quantitative estimate of drug-likeness (QED) is 0.0439. The Kier molecular flexibility index (Phi) is 13.4. The lowest BCUT2D eigenvalue weighted by Crippen LogP contribution is -2.44. The summed E-state index contributed by atoms with van der Waals surface area (Å²) in [5.74, 6) is -1.64. The molecule has 0 atom stereocenters. The Morgan fingerprint density at radius 3 is 1.63 bits per heavy atom. The number of ether oxygens (including phenoxy) is 2. The van der Waals surface area contributed by atoms with Gasteiger partial charge in [-0.3, -0.25) is 27.8 Å². The van der Waals surface area contributed by atoms with Crippen molar-refractivity contribution in [3.63, 3.8) is 0 Å². The Labute approximate surface area is 406 Å². The van der Waals surface area contributed by atoms with Gasteiger partial charge in [-0.1, -0.05) is 38.1 Å². The van der Waals surface area contributed by atoms with Crippen molar-refractivity contribution in [2.24, 2.45) is 5.41 Å². The molecule has 4 aromatic carbocycles. The molecule has 3 aliphatic rings. The molecular formula is C48H53N2O16S4+. The standard InChI is InChI=1S/C48H52N2O16S4/c1-9-49-36-17-15-32-34(22-30(67(53,54)55)24-38(32)69(59,60)61)42(36)46(5,6)40(49)19-13-28-21-29(27-48(26-28,44(51)65-11-3)45(52)66-12-4)14-20-41-47(7,8)43-35-23-31(68(56,57)58)25-39(70(62,63)64)33(35)16-18-37(43)50(41)10-2/h13-25H,9-12,26-27H2,1-8H3,(H3-,53,54,55,56,57,58,59,60,61,62,63,64)/p+1. The maximum absolute atomic E-state index is 14.1. The molecule has 0 aromatic heterocycles. The second-order valence-electron chi connectivity index (χ2n) is 18.2. The number of anilines is 1. The van der Waals surface area contributed by atoms with E-state index in [0.29, 0.717) is 70.3 Å². The van der Waals surface area contributed by atoms with Crippen LogP contribution in [0.2, 0.25) is 0 Å². The monoisotopic (exact) mass is 1040 g/mol. The molecule has 4 aromatic rings. The van der Waals surface area contributed by atoms with Gasteiger partial charge in [0, 0.05) is 51.8 Å². The third-order valence-corrected chi connectivity index (χ3v) is 16.7. The molecule has 1 aliphatic carbocycles. The summed E-state index contributed by atoms with van der Waals surface area (Å²) < 4.78 is 153. The maximum Gasteiger partial charge on any atom is 0.324 e. The molecule has 0 bridgehead atoms. The minimum absolute atomic E-state index is 0.0182. The normalized spacial score (nSPS) is 19.0. The molecule has 4 N–H and O–H groups in total. The zero-order chi connectivity index (χ0) is 51.9. The van der Waals surface area contributed by atoms with Gasteiger partial charge in [-0.25, -0.2) is 0 Å². The SMILES string of the molecule is CCOC(=O)C1(C(=O)OCC)CC(/C=C/C2=[N+](CC)c3ccc4c(S(=O)(=O)O)cc(S(=O)(=O)O)cc4c3C2(C)C)=CC(=C/C=C2/N(CC)c3ccc4c(S(=O)(=O)O)cc(S(=O)(=O)O)cc4c3C2(C)C)/C1. The zero-order valence-corrected chi connectivity index (χ0v) is 42.7. The van der Waals surface area contributed by atoms with Crippen LogP contribution in [-0.4, -0.2) is 100 Å². The fraction of sp³-hybridized carbons (Fsp3) is 0.354. The van der Waals surface area contributed by atoms with Gasteiger partial charge >= 0.3 is 11.9 Å². The van der Waals surface area contributed by atoms with Gasteiger partial charge in [0.2, 0.25) is 5.69 Å². The Bertz CT molecular complexity index is 3570. The third-order valence-electron chi connectivity index (χ3n) is 13.2. The molecule has 70 heavy (non-hydrogen) atoms. The minimum atomic E-state index is -4.98. The molecule has 0 amide bonds. The van der Waals surface area contributed by atoms with Crippen molar-refractivity contribution in [3.8, 4) is 0 Å². The number of nitrogens with zero attached hydrogens (tertiary/aromatic N) is 2. The summed E-state index contributed by atoms with van der Waals surface area (Å²) in [5.41, 5.74) is 0.552. The van der Waals surface area contributed by atoms with Crippen LogP contribution < -0.4 is 4.90 Å². The van der Waals surface area contributed by atoms with Crippen LogP contribution in [0.15, 0.2) is 115 Å². The van der Waals surface area contributed by atoms with Crippen LogP contribution in [-0.2, 0) is 70.4 Å². The van der Waals surface area contributed by atoms with Crippen LogP contribution in [0.25, 0.3) is 21.5 Å². The number of likely N-dealkylation sites (N-methyl/N-ethyl adjacent to an activating group) is 1. The molecule has 0 unspecified atom stereocenters. The number of hydrogen-bond acceptors (Lipinski definition) is 13. The number of carbonyl (C=O) groups is 2. The zero-order valence-electron chi connectivity index (χ0n) is 39.5. The highest BCUT2D eigenvalue weighted by molar-refractivity contribution is 7.87. The number of hydrogen-bond donors (Lipinski definition) is 4. The lowest BCUT2D eigenvalue weighted by Gasteiger charge is -2.33. The van der Waals surface area contributed by atoms with Gasteiger partial charge in [0.05, 0.1) is 28.4 Å². The summed E-state index contributed by atoms with van der Waals surface area (Å²) in [6.45, 7) is 14.9. The highest BCUT2D eigenvalue weighted by atomic mass is 32.2. The molecule has 7 rings (SSSR count). The fourth-order valence-corrected chi connectivity index (χ4v) is 13.0. The van der Waals surface area contributed by atoms with Crippen LogP contribution in [0.1, 0.15) is 79.4 Å². The average Bonchev–Trinajstić information content (AvgIpc) is 3.63. The Hall–Kier alpha value is -5.59. The summed E-state index contributed by atoms with van der Waals surface area (Å²) >= 11 is 0. The lowest BCUT2D eigenvalue weighted by atomic mass is 9.71. The molecule has 18 nitrogen and oxygen atoms in total. The van der Waals surface area contributed by atoms with Gasteiger partial charge < -0.3 is 14.4 Å². The molecule has 2 aliphatic heterocycles. The summed E-state index contributed by atoms with van der Waals surface area (Å²) in [6.07, 6.45) is 8.51. The predicted molar refractivity (Wildman–Crippen MR) is 260 cm³/mol. The minimum Gasteiger partial charge on any atom is -0.465 e. The van der Waals surface area contributed by atoms with E-state index in [4.69, 9.17) is 9.47 Å². The second kappa shape index (κ2) is 17.9. The first kappa shape index (κ1) is 52.2. The Balaban J connectivity index is 1.41. The Morgan fingerprint density at radius 2 is 1.16 bits per heavy atom. The van der Waals surface area contributed by atoms with Crippen molar-refractivity contribution in [1.82, 2.24) is 0 Å². The maximum atomic E-state index is 14.1. The lowest BCUT2D eigenvalue weighted by molar-refractivity contribution is -0.433. The van der Waals surface area contributed by atoms with Crippen LogP contribution in [0.3, 0.4) is 0 Å². The number of fused-ring (bicyclic) bond motifs is 6. The fourth-order valence-electron chi connectivity index (χ4n) is 10.3. The number of carbonyl (C=O) groups excluding carboxylic acids is 2. The highest BCUT2D eigenvalue weighted by Gasteiger charge is 2.52. The average molecular weight is 1040 g/mol.